The summed E-state index contributed by atoms with van der Waals surface area (Å²) in [6.45, 7) is 7.26. The van der Waals surface area contributed by atoms with E-state index in [-0.39, 0.29) is 0 Å². The Morgan fingerprint density at radius 1 is 1.50 bits per heavy atom. The van der Waals surface area contributed by atoms with Gasteiger partial charge in [0.15, 0.2) is 0 Å². The summed E-state index contributed by atoms with van der Waals surface area (Å²) >= 11 is 0. The second-order valence-electron chi connectivity index (χ2n) is 3.96. The largest absolute Gasteiger partial charge is 0.329 e. The lowest BCUT2D eigenvalue weighted by atomic mass is 10.0. The van der Waals surface area contributed by atoms with Crippen molar-refractivity contribution in [1.82, 2.24) is 4.90 Å². The first-order chi connectivity index (χ1) is 6.77. The van der Waals surface area contributed by atoms with E-state index in [9.17, 15) is 0 Å². The number of likely N-dealkylation sites (N-methyl/N-ethyl adjacent to an activating group) is 1. The van der Waals surface area contributed by atoms with Crippen LogP contribution in [0.25, 0.3) is 0 Å². The minimum Gasteiger partial charge on any atom is -0.329 e. The monoisotopic (exact) mass is 190 g/mol. The van der Waals surface area contributed by atoms with Crippen molar-refractivity contribution in [3.05, 3.63) is 34.9 Å². The first-order valence-electron chi connectivity index (χ1n) is 5.30. The van der Waals surface area contributed by atoms with Gasteiger partial charge >= 0.3 is 0 Å². The normalized spacial score (nSPS) is 21.2. The van der Waals surface area contributed by atoms with Gasteiger partial charge in [0.25, 0.3) is 0 Å². The molecule has 76 valence electrons. The second kappa shape index (κ2) is 3.71. The van der Waals surface area contributed by atoms with Gasteiger partial charge in [0.1, 0.15) is 0 Å². The Balaban J connectivity index is 2.42. The maximum atomic E-state index is 5.82. The lowest BCUT2D eigenvalue weighted by Crippen LogP contribution is -2.27. The molecule has 0 aliphatic carbocycles. The van der Waals surface area contributed by atoms with Crippen LogP contribution in [0.3, 0.4) is 0 Å². The molecule has 1 aliphatic rings. The fourth-order valence-electron chi connectivity index (χ4n) is 2.37. The molecule has 1 aliphatic heterocycles. The van der Waals surface area contributed by atoms with Crippen LogP contribution in [0.4, 0.5) is 0 Å². The topological polar surface area (TPSA) is 29.3 Å². The van der Waals surface area contributed by atoms with Crippen molar-refractivity contribution in [3.8, 4) is 0 Å². The van der Waals surface area contributed by atoms with Gasteiger partial charge in [0, 0.05) is 19.1 Å². The molecule has 14 heavy (non-hydrogen) atoms. The number of fused-ring (bicyclic) bond motifs is 1. The van der Waals surface area contributed by atoms with Gasteiger partial charge in [0.05, 0.1) is 0 Å². The molecule has 0 fully saturated rings. The summed E-state index contributed by atoms with van der Waals surface area (Å²) in [4.78, 5) is 2.44. The standard InChI is InChI=1S/C12H18N2/c1-3-14-8-11-9(2)5-4-6-10(11)12(14)7-13/h4-6,12H,3,7-8,13H2,1-2H3. The first kappa shape index (κ1) is 9.69. The Labute approximate surface area is 85.7 Å². The van der Waals surface area contributed by atoms with E-state index in [0.29, 0.717) is 6.04 Å². The molecule has 0 aromatic heterocycles. The molecule has 2 N–H and O–H groups in total. The molecule has 0 saturated carbocycles. The van der Waals surface area contributed by atoms with E-state index in [2.05, 4.69) is 36.9 Å². The Morgan fingerprint density at radius 2 is 2.29 bits per heavy atom. The fraction of sp³-hybridized carbons (Fsp3) is 0.500. The fourth-order valence-corrected chi connectivity index (χ4v) is 2.37. The molecule has 0 spiro atoms. The van der Waals surface area contributed by atoms with E-state index >= 15 is 0 Å². The van der Waals surface area contributed by atoms with Crippen molar-refractivity contribution in [3.63, 3.8) is 0 Å². The summed E-state index contributed by atoms with van der Waals surface area (Å²) in [5, 5.41) is 0. The summed E-state index contributed by atoms with van der Waals surface area (Å²) in [6.07, 6.45) is 0. The molecule has 0 radical (unpaired) electrons. The third kappa shape index (κ3) is 1.35. The summed E-state index contributed by atoms with van der Waals surface area (Å²) < 4.78 is 0. The number of benzene rings is 1. The van der Waals surface area contributed by atoms with Gasteiger partial charge in [-0.05, 0) is 30.2 Å². The van der Waals surface area contributed by atoms with Crippen molar-refractivity contribution in [2.75, 3.05) is 13.1 Å². The van der Waals surface area contributed by atoms with Crippen molar-refractivity contribution in [1.29, 1.82) is 0 Å². The van der Waals surface area contributed by atoms with Crippen molar-refractivity contribution in [2.24, 2.45) is 5.73 Å². The van der Waals surface area contributed by atoms with Crippen LogP contribution in [0.15, 0.2) is 18.2 Å². The molecule has 1 heterocycles. The first-order valence-corrected chi connectivity index (χ1v) is 5.30. The second-order valence-corrected chi connectivity index (χ2v) is 3.96. The molecule has 0 bridgehead atoms. The maximum Gasteiger partial charge on any atom is 0.0477 e. The van der Waals surface area contributed by atoms with Crippen LogP contribution in [0, 0.1) is 6.92 Å². The van der Waals surface area contributed by atoms with E-state index in [1.54, 1.807) is 0 Å². The van der Waals surface area contributed by atoms with Gasteiger partial charge in [0.2, 0.25) is 0 Å². The lowest BCUT2D eigenvalue weighted by Gasteiger charge is -2.21. The molecule has 1 atom stereocenters. The van der Waals surface area contributed by atoms with E-state index in [1.807, 2.05) is 0 Å². The van der Waals surface area contributed by atoms with Crippen molar-refractivity contribution in [2.45, 2.75) is 26.4 Å². The highest BCUT2D eigenvalue weighted by Crippen LogP contribution is 2.34. The number of hydrogen-bond acceptors (Lipinski definition) is 2. The zero-order valence-corrected chi connectivity index (χ0v) is 8.96. The van der Waals surface area contributed by atoms with Crippen LogP contribution < -0.4 is 5.73 Å². The quantitative estimate of drug-likeness (QED) is 0.771. The van der Waals surface area contributed by atoms with Gasteiger partial charge in [-0.15, -0.1) is 0 Å². The molecule has 0 saturated heterocycles. The average Bonchev–Trinajstić information content (AvgIpc) is 2.57. The molecule has 2 rings (SSSR count). The molecule has 2 heteroatoms. The molecular weight excluding hydrogens is 172 g/mol. The van der Waals surface area contributed by atoms with Crippen LogP contribution in [-0.4, -0.2) is 18.0 Å². The smallest absolute Gasteiger partial charge is 0.0477 e. The minimum absolute atomic E-state index is 0.440. The Kier molecular flexibility index (Phi) is 2.57. The highest BCUT2D eigenvalue weighted by atomic mass is 15.2. The molecule has 1 aromatic carbocycles. The predicted molar refractivity (Wildman–Crippen MR) is 59.1 cm³/mol. The molecule has 0 amide bonds. The summed E-state index contributed by atoms with van der Waals surface area (Å²) in [7, 11) is 0. The van der Waals surface area contributed by atoms with Crippen molar-refractivity contribution >= 4 is 0 Å². The predicted octanol–water partition coefficient (Wildman–Crippen LogP) is 1.83. The summed E-state index contributed by atoms with van der Waals surface area (Å²) in [5.74, 6) is 0. The van der Waals surface area contributed by atoms with E-state index in [0.717, 1.165) is 19.6 Å². The third-order valence-electron chi connectivity index (χ3n) is 3.24. The van der Waals surface area contributed by atoms with Crippen LogP contribution in [-0.2, 0) is 6.54 Å². The summed E-state index contributed by atoms with van der Waals surface area (Å²) in [6, 6.07) is 6.98. The lowest BCUT2D eigenvalue weighted by molar-refractivity contribution is 0.232. The molecular formula is C12H18N2. The van der Waals surface area contributed by atoms with E-state index in [1.165, 1.54) is 16.7 Å². The van der Waals surface area contributed by atoms with Gasteiger partial charge in [-0.1, -0.05) is 25.1 Å². The van der Waals surface area contributed by atoms with Crippen molar-refractivity contribution < 1.29 is 0 Å². The molecule has 1 unspecified atom stereocenters. The minimum atomic E-state index is 0.440. The Morgan fingerprint density at radius 3 is 2.93 bits per heavy atom. The number of hydrogen-bond donors (Lipinski definition) is 1. The van der Waals surface area contributed by atoms with Gasteiger partial charge in [-0.3, -0.25) is 4.90 Å². The van der Waals surface area contributed by atoms with Crippen LogP contribution in [0.2, 0.25) is 0 Å². The SMILES string of the molecule is CCN1Cc2c(C)cccc2C1CN. The number of rotatable bonds is 2. The molecule has 1 aromatic rings. The van der Waals surface area contributed by atoms with Crippen LogP contribution >= 0.6 is 0 Å². The van der Waals surface area contributed by atoms with Gasteiger partial charge in [-0.2, -0.15) is 0 Å². The van der Waals surface area contributed by atoms with Crippen LogP contribution in [0.5, 0.6) is 0 Å². The van der Waals surface area contributed by atoms with Crippen LogP contribution in [0.1, 0.15) is 29.7 Å². The number of aryl methyl sites for hydroxylation is 1. The number of nitrogens with two attached hydrogens (primary N) is 1. The highest BCUT2D eigenvalue weighted by molar-refractivity contribution is 5.40. The Hall–Kier alpha value is -0.860. The average molecular weight is 190 g/mol. The van der Waals surface area contributed by atoms with E-state index < -0.39 is 0 Å². The zero-order valence-electron chi connectivity index (χ0n) is 8.96. The Bertz CT molecular complexity index is 333. The van der Waals surface area contributed by atoms with Gasteiger partial charge < -0.3 is 5.73 Å². The third-order valence-corrected chi connectivity index (χ3v) is 3.24. The van der Waals surface area contributed by atoms with Gasteiger partial charge in [-0.25, -0.2) is 0 Å². The highest BCUT2D eigenvalue weighted by Gasteiger charge is 2.28. The maximum absolute atomic E-state index is 5.82. The molecule has 2 nitrogen and oxygen atoms in total. The number of nitrogens with zero attached hydrogens (tertiary/aromatic N) is 1. The summed E-state index contributed by atoms with van der Waals surface area (Å²) in [5.41, 5.74) is 10.2. The zero-order chi connectivity index (χ0) is 10.1. The van der Waals surface area contributed by atoms with E-state index in [4.69, 9.17) is 5.73 Å².